The number of nitrogens with one attached hydrogen (secondary N) is 1. The molecule has 0 fully saturated rings. The molecule has 0 aromatic heterocycles. The van der Waals surface area contributed by atoms with Gasteiger partial charge in [-0.05, 0) is 25.0 Å². The Morgan fingerprint density at radius 2 is 1.72 bits per heavy atom. The number of rotatable bonds is 7. The molecular weight excluding hydrogens is 346 g/mol. The van der Waals surface area contributed by atoms with Gasteiger partial charge in [-0.15, -0.1) is 0 Å². The van der Waals surface area contributed by atoms with Gasteiger partial charge >= 0.3 is 12.1 Å². The quantitative estimate of drug-likeness (QED) is 0.298. The van der Waals surface area contributed by atoms with Crippen molar-refractivity contribution in [3.8, 4) is 0 Å². The lowest BCUT2D eigenvalue weighted by molar-refractivity contribution is -0.192. The zero-order valence-electron chi connectivity index (χ0n) is 13.2. The first-order valence-corrected chi connectivity index (χ1v) is 7.16. The molecule has 1 aromatic rings. The topological polar surface area (TPSA) is 105 Å². The number of aliphatic carboxylic acids is 1. The van der Waals surface area contributed by atoms with Crippen LogP contribution in [0.2, 0.25) is 0 Å². The van der Waals surface area contributed by atoms with Crippen LogP contribution in [0.15, 0.2) is 35.3 Å². The highest BCUT2D eigenvalue weighted by Crippen LogP contribution is 2.13. The molecule has 0 aliphatic heterocycles. The van der Waals surface area contributed by atoms with E-state index in [9.17, 15) is 22.4 Å². The number of amidine groups is 1. The highest BCUT2D eigenvalue weighted by Gasteiger charge is 2.38. The molecule has 1 rings (SSSR count). The molecule has 0 aliphatic rings. The lowest BCUT2D eigenvalue weighted by Gasteiger charge is -2.04. The minimum atomic E-state index is -5.08. The van der Waals surface area contributed by atoms with Gasteiger partial charge in [0.25, 0.3) is 5.91 Å². The Morgan fingerprint density at radius 1 is 1.16 bits per heavy atom. The number of alkyl halides is 4. The number of carboxylic acids is 1. The third-order valence-electron chi connectivity index (χ3n) is 2.60. The summed E-state index contributed by atoms with van der Waals surface area (Å²) in [5.74, 6) is -2.81. The van der Waals surface area contributed by atoms with Crippen LogP contribution in [-0.4, -0.2) is 48.8 Å². The maximum atomic E-state index is 11.9. The van der Waals surface area contributed by atoms with Gasteiger partial charge in [0.15, 0.2) is 0 Å². The van der Waals surface area contributed by atoms with Crippen LogP contribution in [-0.2, 0) is 4.79 Å². The average molecular weight is 365 g/mol. The molecule has 0 atom stereocenters. The van der Waals surface area contributed by atoms with E-state index in [2.05, 4.69) is 10.3 Å². The highest BCUT2D eigenvalue weighted by atomic mass is 19.4. The number of carbonyl (C=O) groups is 2. The molecule has 0 heterocycles. The largest absolute Gasteiger partial charge is 0.490 e. The van der Waals surface area contributed by atoms with Gasteiger partial charge in [0.1, 0.15) is 12.5 Å². The van der Waals surface area contributed by atoms with Crippen molar-refractivity contribution < 1.29 is 32.3 Å². The fraction of sp³-hybridized carbons (Fsp3) is 0.400. The zero-order chi connectivity index (χ0) is 19.3. The predicted octanol–water partition coefficient (Wildman–Crippen LogP) is 2.16. The molecule has 0 radical (unpaired) electrons. The maximum absolute atomic E-state index is 11.9. The van der Waals surface area contributed by atoms with E-state index in [-0.39, 0.29) is 11.7 Å². The third kappa shape index (κ3) is 11.5. The second-order valence-electron chi connectivity index (χ2n) is 4.64. The van der Waals surface area contributed by atoms with E-state index in [0.717, 1.165) is 12.8 Å². The van der Waals surface area contributed by atoms with Crippen molar-refractivity contribution in [2.75, 3.05) is 19.8 Å². The fourth-order valence-electron chi connectivity index (χ4n) is 1.40. The molecular formula is C15H19F4N3O3. The van der Waals surface area contributed by atoms with E-state index >= 15 is 0 Å². The summed E-state index contributed by atoms with van der Waals surface area (Å²) in [7, 11) is 0. The van der Waals surface area contributed by atoms with Crippen LogP contribution in [0.3, 0.4) is 0 Å². The minimum absolute atomic E-state index is 0.0309. The maximum Gasteiger partial charge on any atom is 0.490 e. The second kappa shape index (κ2) is 11.8. The van der Waals surface area contributed by atoms with Gasteiger partial charge in [0.05, 0.1) is 0 Å². The summed E-state index contributed by atoms with van der Waals surface area (Å²) in [6, 6.07) is 9.04. The Labute approximate surface area is 141 Å². The lowest BCUT2D eigenvalue weighted by Crippen LogP contribution is -2.24. The van der Waals surface area contributed by atoms with Crippen LogP contribution in [0.5, 0.6) is 0 Å². The van der Waals surface area contributed by atoms with Gasteiger partial charge in [-0.25, -0.2) is 9.18 Å². The molecule has 1 amide bonds. The van der Waals surface area contributed by atoms with Gasteiger partial charge in [-0.2, -0.15) is 13.2 Å². The fourth-order valence-corrected chi connectivity index (χ4v) is 1.40. The number of halogens is 4. The number of nitrogens with zero attached hydrogens (tertiary/aromatic N) is 1. The SMILES string of the molecule is NC(CF)=NCCCCNC(=O)c1ccccc1.O=C(O)C(F)(F)F. The standard InChI is InChI=1S/C13H18FN3O.C2HF3O2/c14-10-12(15)16-8-4-5-9-17-13(18)11-6-2-1-3-7-11;3-2(4,5)1(6)7/h1-3,6-7H,4-5,8-10H2,(H2,15,16)(H,17,18);(H,6,7). The van der Waals surface area contributed by atoms with Gasteiger partial charge in [-0.3, -0.25) is 9.79 Å². The Morgan fingerprint density at radius 3 is 2.20 bits per heavy atom. The molecule has 1 aromatic carbocycles. The zero-order valence-corrected chi connectivity index (χ0v) is 13.2. The Balaban J connectivity index is 0.000000697. The van der Waals surface area contributed by atoms with Gasteiger partial charge in [0.2, 0.25) is 0 Å². The molecule has 0 saturated heterocycles. The normalized spacial score (nSPS) is 11.3. The van der Waals surface area contributed by atoms with Gasteiger partial charge < -0.3 is 16.2 Å². The number of carboxylic acid groups (broad SMARTS) is 1. The molecule has 0 aliphatic carbocycles. The first-order chi connectivity index (χ1) is 11.7. The number of aliphatic imine (C=N–C) groups is 1. The number of benzene rings is 1. The molecule has 6 nitrogen and oxygen atoms in total. The van der Waals surface area contributed by atoms with Crippen LogP contribution in [0.25, 0.3) is 0 Å². The first-order valence-electron chi connectivity index (χ1n) is 7.16. The van der Waals surface area contributed by atoms with Crippen LogP contribution in [0, 0.1) is 0 Å². The van der Waals surface area contributed by atoms with E-state index in [1.807, 2.05) is 18.2 Å². The molecule has 4 N–H and O–H groups in total. The molecule has 10 heteroatoms. The van der Waals surface area contributed by atoms with E-state index in [0.29, 0.717) is 18.7 Å². The lowest BCUT2D eigenvalue weighted by atomic mass is 10.2. The number of hydrogen-bond acceptors (Lipinski definition) is 3. The van der Waals surface area contributed by atoms with Crippen molar-refractivity contribution in [2.45, 2.75) is 19.0 Å². The molecule has 0 unspecified atom stereocenters. The second-order valence-corrected chi connectivity index (χ2v) is 4.64. The van der Waals surface area contributed by atoms with E-state index in [1.165, 1.54) is 0 Å². The highest BCUT2D eigenvalue weighted by molar-refractivity contribution is 5.94. The van der Waals surface area contributed by atoms with Crippen molar-refractivity contribution in [1.82, 2.24) is 5.32 Å². The minimum Gasteiger partial charge on any atom is -0.475 e. The molecule has 0 spiro atoms. The number of carbonyl (C=O) groups excluding carboxylic acids is 1. The number of hydrogen-bond donors (Lipinski definition) is 3. The molecule has 25 heavy (non-hydrogen) atoms. The van der Waals surface area contributed by atoms with E-state index in [1.54, 1.807) is 12.1 Å². The summed E-state index contributed by atoms with van der Waals surface area (Å²) in [6.07, 6.45) is -3.52. The van der Waals surface area contributed by atoms with Crippen molar-refractivity contribution in [3.05, 3.63) is 35.9 Å². The van der Waals surface area contributed by atoms with Crippen LogP contribution in [0.1, 0.15) is 23.2 Å². The van der Waals surface area contributed by atoms with Crippen LogP contribution >= 0.6 is 0 Å². The van der Waals surface area contributed by atoms with Crippen molar-refractivity contribution in [3.63, 3.8) is 0 Å². The number of amides is 1. The summed E-state index contributed by atoms with van der Waals surface area (Å²) in [5, 5.41) is 9.93. The predicted molar refractivity (Wildman–Crippen MR) is 84.2 cm³/mol. The first kappa shape index (κ1) is 22.4. The summed E-state index contributed by atoms with van der Waals surface area (Å²) >= 11 is 0. The van der Waals surface area contributed by atoms with Crippen molar-refractivity contribution in [1.29, 1.82) is 0 Å². The van der Waals surface area contributed by atoms with E-state index < -0.39 is 18.8 Å². The molecule has 0 saturated carbocycles. The summed E-state index contributed by atoms with van der Waals surface area (Å²) in [6.45, 7) is 0.375. The van der Waals surface area contributed by atoms with Gasteiger partial charge in [-0.1, -0.05) is 18.2 Å². The average Bonchev–Trinajstić information content (AvgIpc) is 2.57. The molecule has 140 valence electrons. The van der Waals surface area contributed by atoms with Crippen molar-refractivity contribution in [2.24, 2.45) is 10.7 Å². The van der Waals surface area contributed by atoms with Crippen LogP contribution < -0.4 is 11.1 Å². The number of nitrogens with two attached hydrogens (primary N) is 1. The summed E-state index contributed by atoms with van der Waals surface area (Å²) in [4.78, 5) is 24.3. The monoisotopic (exact) mass is 365 g/mol. The Bertz CT molecular complexity index is 563. The third-order valence-corrected chi connectivity index (χ3v) is 2.60. The smallest absolute Gasteiger partial charge is 0.475 e. The van der Waals surface area contributed by atoms with E-state index in [4.69, 9.17) is 15.6 Å². The van der Waals surface area contributed by atoms with Crippen molar-refractivity contribution >= 4 is 17.7 Å². The van der Waals surface area contributed by atoms with Gasteiger partial charge in [0, 0.05) is 18.7 Å². The summed E-state index contributed by atoms with van der Waals surface area (Å²) in [5.41, 5.74) is 5.87. The Kier molecular flexibility index (Phi) is 10.6. The van der Waals surface area contributed by atoms with Crippen LogP contribution in [0.4, 0.5) is 17.6 Å². The number of unbranched alkanes of at least 4 members (excludes halogenated alkanes) is 1. The Hall–Kier alpha value is -2.65. The molecule has 0 bridgehead atoms. The summed E-state index contributed by atoms with van der Waals surface area (Å²) < 4.78 is 43.7.